The topological polar surface area (TPSA) is 90.8 Å². The fourth-order valence-corrected chi connectivity index (χ4v) is 1.01. The highest BCUT2D eigenvalue weighted by molar-refractivity contribution is 6.35. The summed E-state index contributed by atoms with van der Waals surface area (Å²) in [6, 6.07) is 5.70. The van der Waals surface area contributed by atoms with Crippen LogP contribution in [0.4, 0.5) is 0 Å². The number of carbonyl (C=O) groups is 2. The highest BCUT2D eigenvalue weighted by Crippen LogP contribution is 2.08. The molecule has 0 aliphatic heterocycles. The molecule has 5 nitrogen and oxygen atoms in total. The quantitative estimate of drug-likeness (QED) is 0.331. The number of carbonyl (C=O) groups excluding carboxylic acids is 1. The Kier molecular flexibility index (Phi) is 2.89. The van der Waals surface area contributed by atoms with Gasteiger partial charge >= 0.3 is 12.2 Å². The van der Waals surface area contributed by atoms with Crippen molar-refractivity contribution in [2.75, 3.05) is 0 Å². The number of Topliss-reactive ketones (excluding diaryl/α,β-unsaturated/α-hetero) is 1. The predicted molar refractivity (Wildman–Crippen MR) is 47.4 cm³/mol. The lowest BCUT2D eigenvalue weighted by molar-refractivity contribution is 0.00234. The van der Waals surface area contributed by atoms with Crippen LogP contribution in [0.5, 0.6) is 0 Å². The fraction of sp³-hybridized carbons (Fsp3) is 0. The zero-order valence-electron chi connectivity index (χ0n) is 7.04. The molecular formula is C9H6N2O3. The molecule has 1 rings (SSSR count). The number of carboxylic acid groups (broad SMARTS) is 1. The van der Waals surface area contributed by atoms with E-state index in [1.54, 1.807) is 0 Å². The average Bonchev–Trinajstić information content (AvgIpc) is 2.18. The number of aromatic carboxylic acids is 1. The molecule has 0 amide bonds. The molecule has 0 unspecified atom stereocenters. The van der Waals surface area contributed by atoms with Crippen LogP contribution in [0.25, 0.3) is 5.53 Å². The van der Waals surface area contributed by atoms with Crippen molar-refractivity contribution in [2.45, 2.75) is 0 Å². The van der Waals surface area contributed by atoms with Gasteiger partial charge in [-0.3, -0.25) is 4.79 Å². The third-order valence-electron chi connectivity index (χ3n) is 1.60. The summed E-state index contributed by atoms with van der Waals surface area (Å²) in [5.41, 5.74) is 8.01. The molecule has 0 radical (unpaired) electrons. The highest BCUT2D eigenvalue weighted by Gasteiger charge is 2.16. The van der Waals surface area contributed by atoms with E-state index in [9.17, 15) is 9.59 Å². The van der Waals surface area contributed by atoms with Crippen LogP contribution < -0.4 is 0 Å². The Morgan fingerprint density at radius 2 is 1.86 bits per heavy atom. The standard InChI is InChI=1S/C9H6N2O3/c10-11-5-8(12)6-3-1-2-4-7(6)9(13)14/h1-5H,(H,13,14). The first-order valence-electron chi connectivity index (χ1n) is 3.71. The van der Waals surface area contributed by atoms with E-state index in [2.05, 4.69) is 4.79 Å². The first-order valence-corrected chi connectivity index (χ1v) is 3.71. The molecule has 1 aromatic carbocycles. The third-order valence-corrected chi connectivity index (χ3v) is 1.60. The Morgan fingerprint density at radius 1 is 1.29 bits per heavy atom. The van der Waals surface area contributed by atoms with Crippen LogP contribution >= 0.6 is 0 Å². The normalized spacial score (nSPS) is 8.86. The molecule has 70 valence electrons. The number of nitrogens with zero attached hydrogens (tertiary/aromatic N) is 2. The van der Waals surface area contributed by atoms with Crippen molar-refractivity contribution >= 4 is 18.0 Å². The smallest absolute Gasteiger partial charge is 0.336 e. The summed E-state index contributed by atoms with van der Waals surface area (Å²) in [5.74, 6) is -1.84. The first-order chi connectivity index (χ1) is 6.66. The maximum absolute atomic E-state index is 11.2. The Balaban J connectivity index is 3.26. The molecule has 0 aliphatic carbocycles. The van der Waals surface area contributed by atoms with E-state index in [0.717, 1.165) is 0 Å². The molecule has 0 aliphatic rings. The molecule has 0 spiro atoms. The SMILES string of the molecule is [N-]=[N+]=CC(=O)c1ccccc1C(=O)O. The molecular weight excluding hydrogens is 184 g/mol. The number of hydrogen-bond acceptors (Lipinski definition) is 2. The largest absolute Gasteiger partial charge is 0.478 e. The van der Waals surface area contributed by atoms with Crippen LogP contribution in [0.3, 0.4) is 0 Å². The van der Waals surface area contributed by atoms with Gasteiger partial charge in [0.1, 0.15) is 0 Å². The third kappa shape index (κ3) is 1.91. The second-order valence-corrected chi connectivity index (χ2v) is 2.46. The zero-order valence-corrected chi connectivity index (χ0v) is 7.04. The molecule has 0 fully saturated rings. The Morgan fingerprint density at radius 3 is 2.36 bits per heavy atom. The summed E-state index contributed by atoms with van der Waals surface area (Å²) in [6.07, 6.45) is 0.655. The summed E-state index contributed by atoms with van der Waals surface area (Å²) in [4.78, 5) is 24.4. The molecule has 0 bridgehead atoms. The predicted octanol–water partition coefficient (Wildman–Crippen LogP) is 0.868. The van der Waals surface area contributed by atoms with Crippen molar-refractivity contribution in [1.29, 1.82) is 0 Å². The summed E-state index contributed by atoms with van der Waals surface area (Å²) >= 11 is 0. The monoisotopic (exact) mass is 190 g/mol. The number of benzene rings is 1. The zero-order chi connectivity index (χ0) is 10.6. The molecule has 0 saturated carbocycles. The number of hydrogen-bond donors (Lipinski definition) is 1. The van der Waals surface area contributed by atoms with Crippen LogP contribution in [0.2, 0.25) is 0 Å². The van der Waals surface area contributed by atoms with Crippen LogP contribution in [0, 0.1) is 0 Å². The minimum Gasteiger partial charge on any atom is -0.478 e. The van der Waals surface area contributed by atoms with Gasteiger partial charge in [0.15, 0.2) is 0 Å². The maximum atomic E-state index is 11.2. The number of ketones is 1. The van der Waals surface area contributed by atoms with Crippen LogP contribution in [0.1, 0.15) is 20.7 Å². The molecule has 1 N–H and O–H groups in total. The second kappa shape index (κ2) is 4.11. The number of rotatable bonds is 3. The van der Waals surface area contributed by atoms with Gasteiger partial charge in [-0.1, -0.05) is 12.1 Å². The van der Waals surface area contributed by atoms with Crippen molar-refractivity contribution in [2.24, 2.45) is 0 Å². The van der Waals surface area contributed by atoms with Gasteiger partial charge in [-0.15, -0.1) is 0 Å². The van der Waals surface area contributed by atoms with E-state index < -0.39 is 11.8 Å². The average molecular weight is 190 g/mol. The molecule has 1 aromatic rings. The van der Waals surface area contributed by atoms with Crippen molar-refractivity contribution in [3.63, 3.8) is 0 Å². The minimum absolute atomic E-state index is 0.00204. The Hall–Kier alpha value is -2.26. The van der Waals surface area contributed by atoms with E-state index in [0.29, 0.717) is 6.21 Å². The van der Waals surface area contributed by atoms with Gasteiger partial charge in [0.05, 0.1) is 5.56 Å². The van der Waals surface area contributed by atoms with Gasteiger partial charge in [0.25, 0.3) is 5.78 Å². The summed E-state index contributed by atoms with van der Waals surface area (Å²) in [7, 11) is 0. The molecule has 5 heteroatoms. The van der Waals surface area contributed by atoms with E-state index in [1.807, 2.05) is 0 Å². The maximum Gasteiger partial charge on any atom is 0.336 e. The molecule has 0 atom stereocenters. The molecule has 0 saturated heterocycles. The highest BCUT2D eigenvalue weighted by atomic mass is 16.4. The summed E-state index contributed by atoms with van der Waals surface area (Å²) in [5, 5.41) is 8.72. The van der Waals surface area contributed by atoms with Crippen molar-refractivity contribution in [3.8, 4) is 0 Å². The lowest BCUT2D eigenvalue weighted by Gasteiger charge is -1.98. The van der Waals surface area contributed by atoms with E-state index in [-0.39, 0.29) is 11.1 Å². The van der Waals surface area contributed by atoms with Gasteiger partial charge in [-0.25, -0.2) is 4.79 Å². The lowest BCUT2D eigenvalue weighted by atomic mass is 10.0. The molecule has 0 aromatic heterocycles. The molecule has 0 heterocycles. The van der Waals surface area contributed by atoms with Gasteiger partial charge < -0.3 is 10.6 Å². The Bertz CT molecular complexity index is 433. The van der Waals surface area contributed by atoms with Crippen molar-refractivity contribution in [1.82, 2.24) is 0 Å². The van der Waals surface area contributed by atoms with E-state index in [4.69, 9.17) is 10.6 Å². The van der Waals surface area contributed by atoms with Crippen LogP contribution in [0.15, 0.2) is 24.3 Å². The van der Waals surface area contributed by atoms with Crippen molar-refractivity contribution in [3.05, 3.63) is 40.9 Å². The van der Waals surface area contributed by atoms with Gasteiger partial charge in [-0.2, -0.15) is 4.79 Å². The van der Waals surface area contributed by atoms with Crippen LogP contribution in [-0.4, -0.2) is 27.9 Å². The first kappa shape index (κ1) is 9.83. The van der Waals surface area contributed by atoms with Gasteiger partial charge in [0.2, 0.25) is 0 Å². The Labute approximate surface area is 79.2 Å². The van der Waals surface area contributed by atoms with E-state index in [1.165, 1.54) is 24.3 Å². The van der Waals surface area contributed by atoms with Gasteiger partial charge in [0, 0.05) is 5.56 Å². The van der Waals surface area contributed by atoms with Crippen LogP contribution in [-0.2, 0) is 0 Å². The van der Waals surface area contributed by atoms with Crippen molar-refractivity contribution < 1.29 is 19.5 Å². The second-order valence-electron chi connectivity index (χ2n) is 2.46. The number of carboxylic acids is 1. The van der Waals surface area contributed by atoms with E-state index >= 15 is 0 Å². The summed E-state index contributed by atoms with van der Waals surface area (Å²) < 4.78 is 0. The summed E-state index contributed by atoms with van der Waals surface area (Å²) in [6.45, 7) is 0. The fourth-order valence-electron chi connectivity index (χ4n) is 1.01. The van der Waals surface area contributed by atoms with Gasteiger partial charge in [-0.05, 0) is 12.1 Å². The lowest BCUT2D eigenvalue weighted by Crippen LogP contribution is -2.09. The molecule has 14 heavy (non-hydrogen) atoms. The minimum atomic E-state index is -1.19.